The minimum atomic E-state index is 0.415. The molecule has 0 spiro atoms. The Morgan fingerprint density at radius 3 is 2.63 bits per heavy atom. The Morgan fingerprint density at radius 2 is 1.93 bits per heavy atom. The molecule has 0 atom stereocenters. The molecule has 0 unspecified atom stereocenters. The molecule has 3 rings (SSSR count). The minimum absolute atomic E-state index is 0.415. The van der Waals surface area contributed by atoms with Crippen molar-refractivity contribution in [2.24, 2.45) is 0 Å². The van der Waals surface area contributed by atoms with Gasteiger partial charge in [0.15, 0.2) is 17.3 Å². The Kier molecular flexibility index (Phi) is 8.18. The van der Waals surface area contributed by atoms with Crippen LogP contribution in [0.5, 0.6) is 11.5 Å². The summed E-state index contributed by atoms with van der Waals surface area (Å²) in [5, 5.41) is 7.81. The van der Waals surface area contributed by atoms with Crippen LogP contribution in [0, 0.1) is 4.77 Å². The fraction of sp³-hybridized carbons (Fsp3) is 0.333. The lowest BCUT2D eigenvalue weighted by atomic mass is 10.2. The molecule has 6 nitrogen and oxygen atoms in total. The Labute approximate surface area is 194 Å². The van der Waals surface area contributed by atoms with Crippen LogP contribution in [0.1, 0.15) is 37.2 Å². The van der Waals surface area contributed by atoms with Gasteiger partial charge in [0.25, 0.3) is 0 Å². The lowest BCUT2D eigenvalue weighted by Gasteiger charge is -2.16. The van der Waals surface area contributed by atoms with E-state index < -0.39 is 0 Å². The first kappa shape index (κ1) is 22.7. The topological polar surface area (TPSA) is 64.1 Å². The molecule has 1 aromatic heterocycles. The summed E-state index contributed by atoms with van der Waals surface area (Å²) in [6.07, 6.45) is 1.83. The summed E-state index contributed by atoms with van der Waals surface area (Å²) in [7, 11) is 0. The number of benzene rings is 2. The van der Waals surface area contributed by atoms with E-state index in [0.29, 0.717) is 41.1 Å². The summed E-state index contributed by atoms with van der Waals surface area (Å²) < 4.78 is 15.1. The largest absolute Gasteiger partial charge is 0.490 e. The summed E-state index contributed by atoms with van der Waals surface area (Å²) in [5.74, 6) is 2.24. The maximum absolute atomic E-state index is 6.05. The van der Waals surface area contributed by atoms with Crippen molar-refractivity contribution in [2.45, 2.75) is 39.8 Å². The van der Waals surface area contributed by atoms with Gasteiger partial charge in [-0.15, -0.1) is 0 Å². The summed E-state index contributed by atoms with van der Waals surface area (Å²) in [4.78, 5) is 0. The molecule has 1 heterocycles. The van der Waals surface area contributed by atoms with Crippen LogP contribution >= 0.6 is 39.7 Å². The highest BCUT2D eigenvalue weighted by Gasteiger charge is 2.13. The highest BCUT2D eigenvalue weighted by atomic mass is 79.9. The number of hydrogen-bond donors (Lipinski definition) is 2. The number of nitrogens with one attached hydrogen (secondary N) is 2. The molecule has 0 aliphatic rings. The molecular weight excluding hydrogens is 488 g/mol. The second-order valence-electron chi connectivity index (χ2n) is 6.62. The number of halogens is 2. The van der Waals surface area contributed by atoms with Gasteiger partial charge < -0.3 is 14.9 Å². The van der Waals surface area contributed by atoms with Crippen LogP contribution in [0.15, 0.2) is 40.9 Å². The number of hydrogen-bond acceptors (Lipinski definition) is 5. The zero-order chi connectivity index (χ0) is 21.5. The second-order valence-corrected chi connectivity index (χ2v) is 8.30. The summed E-state index contributed by atoms with van der Waals surface area (Å²) in [6.45, 7) is 5.56. The zero-order valence-electron chi connectivity index (χ0n) is 16.9. The molecule has 3 aromatic rings. The van der Waals surface area contributed by atoms with E-state index in [1.807, 2.05) is 48.0 Å². The SMILES string of the molecule is CCCc1n[nH]c(=S)n1NCc1cc(Br)c(OCc2ccc(Cl)cc2)c(OCC)c1. The summed E-state index contributed by atoms with van der Waals surface area (Å²) in [5.41, 5.74) is 5.38. The number of ether oxygens (including phenoxy) is 2. The molecule has 160 valence electrons. The van der Waals surface area contributed by atoms with Gasteiger partial charge >= 0.3 is 0 Å². The molecular formula is C21H24BrClN4O2S. The molecule has 0 saturated heterocycles. The molecule has 0 aliphatic carbocycles. The first-order valence-electron chi connectivity index (χ1n) is 9.74. The van der Waals surface area contributed by atoms with Crippen molar-refractivity contribution in [1.29, 1.82) is 0 Å². The van der Waals surface area contributed by atoms with Gasteiger partial charge in [0.1, 0.15) is 6.61 Å². The quantitative estimate of drug-likeness (QED) is 0.325. The van der Waals surface area contributed by atoms with Gasteiger partial charge in [0, 0.05) is 11.4 Å². The van der Waals surface area contributed by atoms with Gasteiger partial charge in [-0.25, -0.2) is 4.68 Å². The fourth-order valence-electron chi connectivity index (χ4n) is 2.92. The lowest BCUT2D eigenvalue weighted by molar-refractivity contribution is 0.267. The van der Waals surface area contributed by atoms with E-state index in [4.69, 9.17) is 33.3 Å². The molecule has 30 heavy (non-hydrogen) atoms. The van der Waals surface area contributed by atoms with Crippen molar-refractivity contribution in [2.75, 3.05) is 12.0 Å². The molecule has 2 aromatic carbocycles. The highest BCUT2D eigenvalue weighted by Crippen LogP contribution is 2.37. The van der Waals surface area contributed by atoms with Crippen molar-refractivity contribution in [1.82, 2.24) is 14.9 Å². The maximum Gasteiger partial charge on any atom is 0.214 e. The number of rotatable bonds is 10. The number of aromatic amines is 1. The Bertz CT molecular complexity index is 1040. The van der Waals surface area contributed by atoms with Crippen molar-refractivity contribution in [3.8, 4) is 11.5 Å². The van der Waals surface area contributed by atoms with Gasteiger partial charge in [-0.1, -0.05) is 30.7 Å². The molecule has 0 aliphatic heterocycles. The summed E-state index contributed by atoms with van der Waals surface area (Å²) >= 11 is 14.9. The lowest BCUT2D eigenvalue weighted by Crippen LogP contribution is -2.17. The van der Waals surface area contributed by atoms with Crippen molar-refractivity contribution < 1.29 is 9.47 Å². The normalized spacial score (nSPS) is 10.8. The van der Waals surface area contributed by atoms with E-state index in [0.717, 1.165) is 34.3 Å². The first-order chi connectivity index (χ1) is 14.5. The van der Waals surface area contributed by atoms with Crippen LogP contribution in [0.25, 0.3) is 0 Å². The van der Waals surface area contributed by atoms with Crippen LogP contribution in [-0.2, 0) is 19.6 Å². The third-order valence-electron chi connectivity index (χ3n) is 4.32. The molecule has 9 heteroatoms. The highest BCUT2D eigenvalue weighted by molar-refractivity contribution is 9.10. The second kappa shape index (κ2) is 10.8. The van der Waals surface area contributed by atoms with Gasteiger partial charge in [0.2, 0.25) is 4.77 Å². The average Bonchev–Trinajstić information content (AvgIpc) is 3.07. The van der Waals surface area contributed by atoms with E-state index >= 15 is 0 Å². The van der Waals surface area contributed by atoms with E-state index in [2.05, 4.69) is 38.5 Å². The van der Waals surface area contributed by atoms with Gasteiger partial charge in [-0.3, -0.25) is 5.10 Å². The van der Waals surface area contributed by atoms with E-state index in [9.17, 15) is 0 Å². The molecule has 0 amide bonds. The molecule has 0 saturated carbocycles. The molecule has 2 N–H and O–H groups in total. The standard InChI is InChI=1S/C21H24BrClN4O2S/c1-3-5-19-25-26-21(30)27(19)24-12-15-10-17(22)20(18(11-15)28-4-2)29-13-14-6-8-16(23)9-7-14/h6-11,24H,3-5,12-13H2,1-2H3,(H,26,30). The average molecular weight is 512 g/mol. The van der Waals surface area contributed by atoms with E-state index in [-0.39, 0.29) is 0 Å². The number of aryl methyl sites for hydroxylation is 1. The van der Waals surface area contributed by atoms with Gasteiger partial charge in [-0.05, 0) is 76.9 Å². The van der Waals surface area contributed by atoms with E-state index in [1.165, 1.54) is 0 Å². The third kappa shape index (κ3) is 5.77. The van der Waals surface area contributed by atoms with Crippen LogP contribution in [-0.4, -0.2) is 21.5 Å². The first-order valence-corrected chi connectivity index (χ1v) is 11.3. The predicted octanol–water partition coefficient (Wildman–Crippen LogP) is 6.03. The number of H-pyrrole nitrogens is 1. The van der Waals surface area contributed by atoms with Crippen LogP contribution in [0.4, 0.5) is 0 Å². The number of aromatic nitrogens is 3. The van der Waals surface area contributed by atoms with E-state index in [1.54, 1.807) is 0 Å². The van der Waals surface area contributed by atoms with Gasteiger partial charge in [-0.2, -0.15) is 5.10 Å². The zero-order valence-corrected chi connectivity index (χ0v) is 20.0. The van der Waals surface area contributed by atoms with Crippen molar-refractivity contribution in [3.63, 3.8) is 0 Å². The van der Waals surface area contributed by atoms with Crippen molar-refractivity contribution in [3.05, 3.63) is 67.6 Å². The fourth-order valence-corrected chi connectivity index (χ4v) is 3.86. The summed E-state index contributed by atoms with van der Waals surface area (Å²) in [6, 6.07) is 11.6. The Balaban J connectivity index is 1.76. The monoisotopic (exact) mass is 510 g/mol. The van der Waals surface area contributed by atoms with Crippen LogP contribution < -0.4 is 14.9 Å². The minimum Gasteiger partial charge on any atom is -0.490 e. The number of nitrogens with zero attached hydrogens (tertiary/aromatic N) is 2. The third-order valence-corrected chi connectivity index (χ3v) is 5.44. The molecule has 0 bridgehead atoms. The maximum atomic E-state index is 6.05. The van der Waals surface area contributed by atoms with Crippen LogP contribution in [0.2, 0.25) is 5.02 Å². The molecule has 0 fully saturated rings. The predicted molar refractivity (Wildman–Crippen MR) is 126 cm³/mol. The molecule has 0 radical (unpaired) electrons. The van der Waals surface area contributed by atoms with Crippen LogP contribution in [0.3, 0.4) is 0 Å². The van der Waals surface area contributed by atoms with Gasteiger partial charge in [0.05, 0.1) is 17.6 Å². The Hall–Kier alpha value is -2.03. The Morgan fingerprint density at radius 1 is 1.17 bits per heavy atom. The smallest absolute Gasteiger partial charge is 0.214 e. The van der Waals surface area contributed by atoms with Crippen molar-refractivity contribution >= 4 is 39.7 Å².